The van der Waals surface area contributed by atoms with Crippen LogP contribution < -0.4 is 0 Å². The summed E-state index contributed by atoms with van der Waals surface area (Å²) in [4.78, 5) is 12.5. The lowest BCUT2D eigenvalue weighted by molar-refractivity contribution is 0.0164. The first kappa shape index (κ1) is 21.4. The maximum Gasteiger partial charge on any atom is 0.338 e. The minimum Gasteiger partial charge on any atom is -0.459 e. The SMILES string of the molecule is CCCCC1CCC(c2ccc(C(=O)O[C@H]3CC[C@H](CC)CC3)cc2)C(C)C1. The van der Waals surface area contributed by atoms with Crippen LogP contribution in [0.2, 0.25) is 0 Å². The molecule has 0 aromatic heterocycles. The van der Waals surface area contributed by atoms with Gasteiger partial charge >= 0.3 is 5.97 Å². The lowest BCUT2D eigenvalue weighted by Gasteiger charge is -2.34. The van der Waals surface area contributed by atoms with E-state index in [0.717, 1.165) is 30.6 Å². The molecule has 3 unspecified atom stereocenters. The molecule has 2 saturated carbocycles. The predicted octanol–water partition coefficient (Wildman–Crippen LogP) is 7.52. The average Bonchev–Trinajstić information content (AvgIpc) is 2.73. The molecule has 2 aliphatic carbocycles. The van der Waals surface area contributed by atoms with Gasteiger partial charge in [0, 0.05) is 0 Å². The highest BCUT2D eigenvalue weighted by Gasteiger charge is 2.28. The Labute approximate surface area is 172 Å². The lowest BCUT2D eigenvalue weighted by Crippen LogP contribution is -2.24. The molecule has 0 amide bonds. The summed E-state index contributed by atoms with van der Waals surface area (Å²) >= 11 is 0. The van der Waals surface area contributed by atoms with Gasteiger partial charge in [0.15, 0.2) is 0 Å². The van der Waals surface area contributed by atoms with E-state index in [2.05, 4.69) is 32.9 Å². The Morgan fingerprint density at radius 3 is 2.25 bits per heavy atom. The van der Waals surface area contributed by atoms with Crippen LogP contribution in [0, 0.1) is 17.8 Å². The van der Waals surface area contributed by atoms with Gasteiger partial charge in [-0.2, -0.15) is 0 Å². The van der Waals surface area contributed by atoms with Crippen LogP contribution in [0.25, 0.3) is 0 Å². The van der Waals surface area contributed by atoms with Gasteiger partial charge in [-0.25, -0.2) is 4.79 Å². The van der Waals surface area contributed by atoms with Crippen LogP contribution in [0.1, 0.15) is 113 Å². The van der Waals surface area contributed by atoms with Crippen molar-refractivity contribution in [1.29, 1.82) is 0 Å². The molecule has 0 N–H and O–H groups in total. The van der Waals surface area contributed by atoms with Gasteiger partial charge < -0.3 is 4.74 Å². The van der Waals surface area contributed by atoms with E-state index in [-0.39, 0.29) is 12.1 Å². The highest BCUT2D eigenvalue weighted by atomic mass is 16.5. The molecule has 1 aromatic carbocycles. The van der Waals surface area contributed by atoms with Gasteiger partial charge in [0.05, 0.1) is 5.56 Å². The molecule has 3 atom stereocenters. The lowest BCUT2D eigenvalue weighted by atomic mass is 9.71. The largest absolute Gasteiger partial charge is 0.459 e. The highest BCUT2D eigenvalue weighted by Crippen LogP contribution is 2.41. The number of benzene rings is 1. The summed E-state index contributed by atoms with van der Waals surface area (Å²) in [7, 11) is 0. The first-order valence-corrected chi connectivity index (χ1v) is 11.9. The van der Waals surface area contributed by atoms with Crippen LogP contribution >= 0.6 is 0 Å². The van der Waals surface area contributed by atoms with Gasteiger partial charge in [-0.15, -0.1) is 0 Å². The van der Waals surface area contributed by atoms with Gasteiger partial charge in [0.25, 0.3) is 0 Å². The molecule has 1 aromatic rings. The van der Waals surface area contributed by atoms with Gasteiger partial charge in [0.2, 0.25) is 0 Å². The molecule has 0 radical (unpaired) electrons. The molecular weight excluding hydrogens is 344 g/mol. The maximum atomic E-state index is 12.5. The van der Waals surface area contributed by atoms with Crippen LogP contribution in [0.4, 0.5) is 0 Å². The number of hydrogen-bond acceptors (Lipinski definition) is 2. The Hall–Kier alpha value is -1.31. The number of carbonyl (C=O) groups is 1. The molecule has 0 heterocycles. The number of carbonyl (C=O) groups excluding carboxylic acids is 1. The average molecular weight is 385 g/mol. The standard InChI is InChI=1S/C26H40O2/c1-4-6-7-21-10-17-25(19(3)18-21)22-11-13-23(14-12-22)26(27)28-24-15-8-20(5-2)9-16-24/h11-14,19-21,24-25H,4-10,15-18H2,1-3H3/t19?,20-,21?,24-,25?. The fraction of sp³-hybridized carbons (Fsp3) is 0.731. The summed E-state index contributed by atoms with van der Waals surface area (Å²) < 4.78 is 5.79. The van der Waals surface area contributed by atoms with Crippen molar-refractivity contribution in [3.05, 3.63) is 35.4 Å². The molecule has 28 heavy (non-hydrogen) atoms. The second-order valence-corrected chi connectivity index (χ2v) is 9.48. The summed E-state index contributed by atoms with van der Waals surface area (Å²) in [5, 5.41) is 0. The second-order valence-electron chi connectivity index (χ2n) is 9.48. The van der Waals surface area contributed by atoms with Crippen molar-refractivity contribution in [2.24, 2.45) is 17.8 Å². The van der Waals surface area contributed by atoms with E-state index in [0.29, 0.717) is 11.5 Å². The third-order valence-corrected chi connectivity index (χ3v) is 7.46. The minimum atomic E-state index is -0.136. The Bertz CT molecular complexity index is 597. The van der Waals surface area contributed by atoms with E-state index >= 15 is 0 Å². The third kappa shape index (κ3) is 5.61. The molecule has 156 valence electrons. The molecular formula is C26H40O2. The van der Waals surface area contributed by atoms with Crippen LogP contribution in [0.3, 0.4) is 0 Å². The number of ether oxygens (including phenoxy) is 1. The van der Waals surface area contributed by atoms with Crippen LogP contribution in [0.5, 0.6) is 0 Å². The van der Waals surface area contributed by atoms with Crippen molar-refractivity contribution in [3.8, 4) is 0 Å². The van der Waals surface area contributed by atoms with Gasteiger partial charge in [-0.3, -0.25) is 0 Å². The Kier molecular flexibility index (Phi) is 8.00. The second kappa shape index (κ2) is 10.5. The molecule has 2 heteroatoms. The Balaban J connectivity index is 1.51. The van der Waals surface area contributed by atoms with Crippen molar-refractivity contribution in [3.63, 3.8) is 0 Å². The van der Waals surface area contributed by atoms with E-state index in [4.69, 9.17) is 4.74 Å². The molecule has 2 nitrogen and oxygen atoms in total. The zero-order valence-corrected chi connectivity index (χ0v) is 18.3. The molecule has 2 aliphatic rings. The number of esters is 1. The molecule has 0 aliphatic heterocycles. The minimum absolute atomic E-state index is 0.119. The maximum absolute atomic E-state index is 12.5. The number of rotatable bonds is 7. The zero-order chi connectivity index (χ0) is 19.9. The highest BCUT2D eigenvalue weighted by molar-refractivity contribution is 5.89. The first-order valence-electron chi connectivity index (χ1n) is 11.9. The van der Waals surface area contributed by atoms with E-state index in [1.165, 1.54) is 63.4 Å². The van der Waals surface area contributed by atoms with Gasteiger partial charge in [-0.1, -0.05) is 58.6 Å². The summed E-state index contributed by atoms with van der Waals surface area (Å²) in [5.41, 5.74) is 2.12. The monoisotopic (exact) mass is 384 g/mol. The van der Waals surface area contributed by atoms with Crippen molar-refractivity contribution in [2.75, 3.05) is 0 Å². The van der Waals surface area contributed by atoms with E-state index in [1.807, 2.05) is 12.1 Å². The van der Waals surface area contributed by atoms with Gasteiger partial charge in [0.1, 0.15) is 6.10 Å². The number of hydrogen-bond donors (Lipinski definition) is 0. The molecule has 0 bridgehead atoms. The van der Waals surface area contributed by atoms with Crippen LogP contribution in [-0.4, -0.2) is 12.1 Å². The van der Waals surface area contributed by atoms with Crippen LogP contribution in [0.15, 0.2) is 24.3 Å². The summed E-state index contributed by atoms with van der Waals surface area (Å²) in [5.74, 6) is 2.99. The van der Waals surface area contributed by atoms with Crippen molar-refractivity contribution >= 4 is 5.97 Å². The Morgan fingerprint density at radius 2 is 1.64 bits per heavy atom. The molecule has 2 fully saturated rings. The molecule has 3 rings (SSSR count). The Morgan fingerprint density at radius 1 is 0.964 bits per heavy atom. The molecule has 0 saturated heterocycles. The zero-order valence-electron chi connectivity index (χ0n) is 18.3. The summed E-state index contributed by atoms with van der Waals surface area (Å²) in [6.07, 6.45) is 13.9. The third-order valence-electron chi connectivity index (χ3n) is 7.46. The number of unbranched alkanes of at least 4 members (excludes halogenated alkanes) is 1. The normalized spacial score (nSPS) is 30.8. The van der Waals surface area contributed by atoms with E-state index < -0.39 is 0 Å². The van der Waals surface area contributed by atoms with Crippen molar-refractivity contribution in [2.45, 2.75) is 103 Å². The summed E-state index contributed by atoms with van der Waals surface area (Å²) in [6.45, 7) is 6.96. The van der Waals surface area contributed by atoms with Crippen LogP contribution in [-0.2, 0) is 4.74 Å². The van der Waals surface area contributed by atoms with Gasteiger partial charge in [-0.05, 0) is 86.3 Å². The fourth-order valence-corrected chi connectivity index (χ4v) is 5.50. The predicted molar refractivity (Wildman–Crippen MR) is 117 cm³/mol. The van der Waals surface area contributed by atoms with E-state index in [1.54, 1.807) is 0 Å². The first-order chi connectivity index (χ1) is 13.6. The smallest absolute Gasteiger partial charge is 0.338 e. The summed E-state index contributed by atoms with van der Waals surface area (Å²) in [6, 6.07) is 8.34. The van der Waals surface area contributed by atoms with E-state index in [9.17, 15) is 4.79 Å². The quantitative estimate of drug-likeness (QED) is 0.454. The van der Waals surface area contributed by atoms with Crippen molar-refractivity contribution in [1.82, 2.24) is 0 Å². The van der Waals surface area contributed by atoms with Crippen molar-refractivity contribution < 1.29 is 9.53 Å². The topological polar surface area (TPSA) is 26.3 Å². The fourth-order valence-electron chi connectivity index (χ4n) is 5.50. The molecule has 0 spiro atoms.